The minimum Gasteiger partial charge on any atom is -0.443 e. The molecule has 5 nitrogen and oxygen atoms in total. The molecule has 0 radical (unpaired) electrons. The lowest BCUT2D eigenvalue weighted by atomic mass is 9.88. The number of nitrogens with zero attached hydrogens (tertiary/aromatic N) is 2. The van der Waals surface area contributed by atoms with Gasteiger partial charge in [0, 0.05) is 17.3 Å². The topological polar surface area (TPSA) is 60.7 Å². The first-order valence-corrected chi connectivity index (χ1v) is 10.5. The highest BCUT2D eigenvalue weighted by Crippen LogP contribution is 2.34. The highest BCUT2D eigenvalue weighted by molar-refractivity contribution is 8.16. The van der Waals surface area contributed by atoms with Crippen LogP contribution in [-0.2, 0) is 4.74 Å². The fourth-order valence-corrected chi connectivity index (χ4v) is 4.37. The third kappa shape index (κ3) is 4.17. The summed E-state index contributed by atoms with van der Waals surface area (Å²) in [6, 6.07) is 5.84. The molecule has 150 valence electrons. The lowest BCUT2D eigenvalue weighted by Crippen LogP contribution is -2.26. The van der Waals surface area contributed by atoms with E-state index in [1.54, 1.807) is 6.20 Å². The third-order valence-electron chi connectivity index (χ3n) is 4.64. The highest BCUT2D eigenvalue weighted by Gasteiger charge is 2.33. The Morgan fingerprint density at radius 3 is 2.43 bits per heavy atom. The summed E-state index contributed by atoms with van der Waals surface area (Å²) in [5.74, 6) is 0.668. The van der Waals surface area contributed by atoms with E-state index in [4.69, 9.17) is 4.74 Å². The number of fused-ring (bicyclic) bond motifs is 1. The van der Waals surface area contributed by atoms with Gasteiger partial charge in [-0.25, -0.2) is 4.79 Å². The molecule has 0 amide bonds. The summed E-state index contributed by atoms with van der Waals surface area (Å²) >= 11 is 1.49. The van der Waals surface area contributed by atoms with E-state index in [1.165, 1.54) is 16.3 Å². The first kappa shape index (κ1) is 20.6. The van der Waals surface area contributed by atoms with Gasteiger partial charge in [0.2, 0.25) is 5.78 Å². The van der Waals surface area contributed by atoms with Gasteiger partial charge in [-0.05, 0) is 44.7 Å². The van der Waals surface area contributed by atoms with Crippen LogP contribution < -0.4 is 0 Å². The first-order valence-electron chi connectivity index (χ1n) is 9.47. The molecule has 1 aliphatic heterocycles. The fourth-order valence-electron chi connectivity index (χ4n) is 3.04. The third-order valence-corrected chi connectivity index (χ3v) is 5.69. The summed E-state index contributed by atoms with van der Waals surface area (Å²) in [6.45, 7) is 13.8. The van der Waals surface area contributed by atoms with E-state index in [0.29, 0.717) is 16.1 Å². The van der Waals surface area contributed by atoms with Crippen molar-refractivity contribution in [3.63, 3.8) is 0 Å². The van der Waals surface area contributed by atoms with Gasteiger partial charge in [-0.15, -0.1) is 11.8 Å². The van der Waals surface area contributed by atoms with Crippen molar-refractivity contribution in [2.75, 3.05) is 5.75 Å². The minimum absolute atomic E-state index is 0.0106. The molecule has 6 heteroatoms. The largest absolute Gasteiger partial charge is 0.443 e. The van der Waals surface area contributed by atoms with Gasteiger partial charge in [0.05, 0.1) is 17.1 Å². The van der Waals surface area contributed by atoms with E-state index in [1.807, 2.05) is 45.9 Å². The average Bonchev–Trinajstić information content (AvgIpc) is 3.17. The van der Waals surface area contributed by atoms with Crippen molar-refractivity contribution in [2.24, 2.45) is 10.4 Å². The molecule has 0 aliphatic carbocycles. The van der Waals surface area contributed by atoms with E-state index >= 15 is 0 Å². The quantitative estimate of drug-likeness (QED) is 0.627. The van der Waals surface area contributed by atoms with Gasteiger partial charge in [0.1, 0.15) is 10.6 Å². The smallest absolute Gasteiger partial charge is 0.419 e. The molecule has 0 saturated carbocycles. The van der Waals surface area contributed by atoms with Crippen LogP contribution in [0.15, 0.2) is 29.4 Å². The predicted molar refractivity (Wildman–Crippen MR) is 116 cm³/mol. The fraction of sp³-hybridized carbons (Fsp3) is 0.500. The molecule has 0 bridgehead atoms. The summed E-state index contributed by atoms with van der Waals surface area (Å²) in [5, 5.41) is 1.26. The first-order chi connectivity index (χ1) is 12.9. The number of rotatable bonds is 2. The van der Waals surface area contributed by atoms with Crippen molar-refractivity contribution in [3.8, 4) is 0 Å². The van der Waals surface area contributed by atoms with Crippen molar-refractivity contribution < 1.29 is 14.3 Å². The maximum atomic E-state index is 13.2. The molecular formula is C22H28N2O3S. The molecule has 3 rings (SSSR count). The SMILES string of the molecule is Cc1ccc2c(C(=O)C3=NC(C(C)(C)C)CS3)cn(C(=O)OC(C)(C)C)c2c1. The van der Waals surface area contributed by atoms with Crippen LogP contribution in [0.5, 0.6) is 0 Å². The van der Waals surface area contributed by atoms with Gasteiger partial charge in [0.25, 0.3) is 0 Å². The molecule has 1 aromatic heterocycles. The zero-order valence-corrected chi connectivity index (χ0v) is 18.4. The molecule has 1 atom stereocenters. The monoisotopic (exact) mass is 400 g/mol. The summed E-state index contributed by atoms with van der Waals surface area (Å²) in [5.41, 5.74) is 1.56. The number of hydrogen-bond donors (Lipinski definition) is 0. The number of aromatic nitrogens is 1. The van der Waals surface area contributed by atoms with Crippen LogP contribution in [0.3, 0.4) is 0 Å². The molecule has 2 heterocycles. The Morgan fingerprint density at radius 1 is 1.18 bits per heavy atom. The van der Waals surface area contributed by atoms with Gasteiger partial charge in [-0.1, -0.05) is 32.9 Å². The molecule has 1 aliphatic rings. The van der Waals surface area contributed by atoms with Crippen LogP contribution in [-0.4, -0.2) is 38.9 Å². The van der Waals surface area contributed by atoms with E-state index in [2.05, 4.69) is 25.8 Å². The highest BCUT2D eigenvalue weighted by atomic mass is 32.2. The van der Waals surface area contributed by atoms with Gasteiger partial charge >= 0.3 is 6.09 Å². The van der Waals surface area contributed by atoms with Crippen molar-refractivity contribution in [3.05, 3.63) is 35.5 Å². The van der Waals surface area contributed by atoms with E-state index in [0.717, 1.165) is 16.7 Å². The van der Waals surface area contributed by atoms with Crippen LogP contribution in [0, 0.1) is 12.3 Å². The Labute approximate surface area is 170 Å². The van der Waals surface area contributed by atoms with Crippen molar-refractivity contribution in [1.29, 1.82) is 0 Å². The Bertz CT molecular complexity index is 974. The molecular weight excluding hydrogens is 372 g/mol. The normalized spacial score (nSPS) is 17.7. The summed E-state index contributed by atoms with van der Waals surface area (Å²) < 4.78 is 6.96. The second-order valence-electron chi connectivity index (χ2n) is 9.37. The van der Waals surface area contributed by atoms with Gasteiger partial charge in [0.15, 0.2) is 0 Å². The number of thioether (sulfide) groups is 1. The Balaban J connectivity index is 2.05. The second kappa shape index (κ2) is 7.07. The zero-order chi connectivity index (χ0) is 20.9. The minimum atomic E-state index is -0.618. The second-order valence-corrected chi connectivity index (χ2v) is 10.4. The Hall–Kier alpha value is -2.08. The standard InChI is InChI=1S/C22H28N2O3S/c1-13-8-9-14-15(18(25)19-23-17(12-28-19)21(2,3)4)11-24(16(14)10-13)20(26)27-22(5,6)7/h8-11,17H,12H2,1-7H3. The van der Waals surface area contributed by atoms with Crippen molar-refractivity contribution in [1.82, 2.24) is 4.57 Å². The molecule has 1 unspecified atom stereocenters. The van der Waals surface area contributed by atoms with Gasteiger partial charge < -0.3 is 4.74 Å². The van der Waals surface area contributed by atoms with Gasteiger partial charge in [-0.2, -0.15) is 0 Å². The maximum absolute atomic E-state index is 13.2. The molecule has 0 spiro atoms. The lowest BCUT2D eigenvalue weighted by molar-refractivity contribution is 0.0544. The molecule has 0 fully saturated rings. The lowest BCUT2D eigenvalue weighted by Gasteiger charge is -2.23. The Kier molecular flexibility index (Phi) is 5.21. The van der Waals surface area contributed by atoms with Crippen LogP contribution >= 0.6 is 11.8 Å². The number of benzene rings is 1. The van der Waals surface area contributed by atoms with Crippen LogP contribution in [0.2, 0.25) is 0 Å². The summed E-state index contributed by atoms with van der Waals surface area (Å²) in [7, 11) is 0. The molecule has 28 heavy (non-hydrogen) atoms. The molecule has 0 saturated heterocycles. The molecule has 0 N–H and O–H groups in total. The van der Waals surface area contributed by atoms with E-state index in [9.17, 15) is 9.59 Å². The number of aliphatic imine (C=N–C) groups is 1. The number of carbonyl (C=O) groups excluding carboxylic acids is 2. The zero-order valence-electron chi connectivity index (χ0n) is 17.6. The number of Topliss-reactive ketones (excluding diaryl/α,β-unsaturated/α-hetero) is 1. The molecule has 2 aromatic rings. The number of ketones is 1. The number of carbonyl (C=O) groups is 2. The summed E-state index contributed by atoms with van der Waals surface area (Å²) in [4.78, 5) is 30.6. The van der Waals surface area contributed by atoms with Crippen LogP contribution in [0.4, 0.5) is 4.79 Å². The average molecular weight is 401 g/mol. The number of ether oxygens (including phenoxy) is 1. The number of hydrogen-bond acceptors (Lipinski definition) is 5. The maximum Gasteiger partial charge on any atom is 0.419 e. The van der Waals surface area contributed by atoms with E-state index < -0.39 is 11.7 Å². The summed E-state index contributed by atoms with van der Waals surface area (Å²) in [6.07, 6.45) is 1.10. The number of aryl methyl sites for hydroxylation is 1. The van der Waals surface area contributed by atoms with Crippen LogP contribution in [0.1, 0.15) is 57.5 Å². The Morgan fingerprint density at radius 2 is 1.86 bits per heavy atom. The van der Waals surface area contributed by atoms with E-state index in [-0.39, 0.29) is 17.2 Å². The van der Waals surface area contributed by atoms with Gasteiger partial charge in [-0.3, -0.25) is 14.4 Å². The van der Waals surface area contributed by atoms with Crippen LogP contribution in [0.25, 0.3) is 10.9 Å². The van der Waals surface area contributed by atoms with Crippen molar-refractivity contribution in [2.45, 2.75) is 60.1 Å². The molecule has 1 aromatic carbocycles. The predicted octanol–water partition coefficient (Wildman–Crippen LogP) is 5.48. The van der Waals surface area contributed by atoms with Crippen molar-refractivity contribution >= 4 is 39.6 Å².